The summed E-state index contributed by atoms with van der Waals surface area (Å²) in [6.07, 6.45) is -4.15. The fraction of sp³-hybridized carbons (Fsp3) is 0.368. The molecule has 3 unspecified atom stereocenters. The Morgan fingerprint density at radius 2 is 1.94 bits per heavy atom. The lowest BCUT2D eigenvalue weighted by molar-refractivity contribution is -0.259. The Labute approximate surface area is 171 Å². The minimum absolute atomic E-state index is 0.0719. The summed E-state index contributed by atoms with van der Waals surface area (Å²) < 4.78 is 83.4. The van der Waals surface area contributed by atoms with E-state index in [-0.39, 0.29) is 24.4 Å². The minimum atomic E-state index is -4.96. The molecule has 166 valence electrons. The van der Waals surface area contributed by atoms with Crippen LogP contribution in [0.1, 0.15) is 12.5 Å². The molecule has 4 rings (SSSR count). The SMILES string of the molecule is CC(O)(c1ccc2ncc(-c3nc(NC4CNCC4F)c(F)cc3F)n2c1)C(F)(F)F. The normalized spacial score (nSPS) is 21.4. The Hall–Kier alpha value is -2.86. The predicted molar refractivity (Wildman–Crippen MR) is 99.1 cm³/mol. The predicted octanol–water partition coefficient (Wildman–Crippen LogP) is 3.17. The van der Waals surface area contributed by atoms with Crippen LogP contribution in [0.4, 0.5) is 32.2 Å². The Balaban J connectivity index is 1.79. The summed E-state index contributed by atoms with van der Waals surface area (Å²) >= 11 is 0. The Kier molecular flexibility index (Phi) is 5.09. The number of aliphatic hydroxyl groups is 1. The number of hydrogen-bond acceptors (Lipinski definition) is 5. The first-order valence-corrected chi connectivity index (χ1v) is 9.23. The number of halogens is 6. The molecule has 12 heteroatoms. The van der Waals surface area contributed by atoms with Crippen molar-refractivity contribution in [2.75, 3.05) is 18.4 Å². The van der Waals surface area contributed by atoms with E-state index in [2.05, 4.69) is 20.6 Å². The Bertz CT molecular complexity index is 1130. The van der Waals surface area contributed by atoms with Gasteiger partial charge in [0.25, 0.3) is 0 Å². The third-order valence-corrected chi connectivity index (χ3v) is 5.25. The van der Waals surface area contributed by atoms with Crippen molar-refractivity contribution >= 4 is 11.5 Å². The molecule has 0 bridgehead atoms. The van der Waals surface area contributed by atoms with Gasteiger partial charge in [-0.25, -0.2) is 23.1 Å². The van der Waals surface area contributed by atoms with E-state index >= 15 is 0 Å². The van der Waals surface area contributed by atoms with Gasteiger partial charge < -0.3 is 15.7 Å². The minimum Gasteiger partial charge on any atom is -0.376 e. The van der Waals surface area contributed by atoms with E-state index in [4.69, 9.17) is 0 Å². The molecule has 0 radical (unpaired) electrons. The highest BCUT2D eigenvalue weighted by molar-refractivity contribution is 5.63. The molecule has 6 nitrogen and oxygen atoms in total. The molecule has 3 aromatic rings. The number of nitrogens with one attached hydrogen (secondary N) is 2. The molecule has 1 saturated heterocycles. The molecule has 3 N–H and O–H groups in total. The smallest absolute Gasteiger partial charge is 0.376 e. The van der Waals surface area contributed by atoms with E-state index in [9.17, 15) is 31.4 Å². The van der Waals surface area contributed by atoms with Crippen LogP contribution in [0.3, 0.4) is 0 Å². The first-order valence-electron chi connectivity index (χ1n) is 9.23. The van der Waals surface area contributed by atoms with Gasteiger partial charge in [-0.15, -0.1) is 0 Å². The molecule has 0 spiro atoms. The lowest BCUT2D eigenvalue weighted by Gasteiger charge is -2.26. The van der Waals surface area contributed by atoms with Crippen LogP contribution in [0.25, 0.3) is 17.0 Å². The molecular formula is C19H17F6N5O. The van der Waals surface area contributed by atoms with Crippen molar-refractivity contribution in [2.45, 2.75) is 30.9 Å². The van der Waals surface area contributed by atoms with Gasteiger partial charge in [0.05, 0.1) is 17.9 Å². The number of hydrogen-bond donors (Lipinski definition) is 3. The van der Waals surface area contributed by atoms with Gasteiger partial charge in [-0.2, -0.15) is 13.2 Å². The highest BCUT2D eigenvalue weighted by Crippen LogP contribution is 2.39. The van der Waals surface area contributed by atoms with E-state index in [0.29, 0.717) is 13.0 Å². The third kappa shape index (κ3) is 3.69. The number of nitrogens with zero attached hydrogens (tertiary/aromatic N) is 3. The van der Waals surface area contributed by atoms with Crippen LogP contribution in [-0.4, -0.2) is 51.0 Å². The molecule has 0 aliphatic carbocycles. The van der Waals surface area contributed by atoms with Crippen LogP contribution in [0.2, 0.25) is 0 Å². The number of imidazole rings is 1. The molecule has 0 aromatic carbocycles. The van der Waals surface area contributed by atoms with Gasteiger partial charge in [0.15, 0.2) is 23.1 Å². The fourth-order valence-electron chi connectivity index (χ4n) is 3.32. The van der Waals surface area contributed by atoms with Gasteiger partial charge in [-0.3, -0.25) is 4.40 Å². The van der Waals surface area contributed by atoms with Crippen molar-refractivity contribution in [2.24, 2.45) is 0 Å². The van der Waals surface area contributed by atoms with Gasteiger partial charge in [0, 0.05) is 30.9 Å². The van der Waals surface area contributed by atoms with Crippen LogP contribution in [0.15, 0.2) is 30.6 Å². The van der Waals surface area contributed by atoms with E-state index in [1.807, 2.05) is 0 Å². The number of fused-ring (bicyclic) bond motifs is 1. The van der Waals surface area contributed by atoms with Crippen LogP contribution < -0.4 is 10.6 Å². The van der Waals surface area contributed by atoms with Gasteiger partial charge in [-0.05, 0) is 13.0 Å². The maximum Gasteiger partial charge on any atom is 0.421 e. The van der Waals surface area contributed by atoms with E-state index in [1.54, 1.807) is 0 Å². The van der Waals surface area contributed by atoms with E-state index in [0.717, 1.165) is 22.9 Å². The van der Waals surface area contributed by atoms with Gasteiger partial charge >= 0.3 is 6.18 Å². The van der Waals surface area contributed by atoms with Crippen LogP contribution >= 0.6 is 0 Å². The Morgan fingerprint density at radius 3 is 2.58 bits per heavy atom. The van der Waals surface area contributed by atoms with Crippen molar-refractivity contribution in [1.82, 2.24) is 19.7 Å². The second-order valence-corrected chi connectivity index (χ2v) is 7.43. The van der Waals surface area contributed by atoms with Gasteiger partial charge in [-0.1, -0.05) is 6.07 Å². The standard InChI is InChI=1S/C19H17F6N5O/c1-18(31,19(23,24)25)9-2-3-15-27-7-14(30(15)8-9)16-10(20)4-11(21)17(29-16)28-13-6-26-5-12(13)22/h2-4,7-8,12-13,26,31H,5-6H2,1H3,(H,28,29). The van der Waals surface area contributed by atoms with Gasteiger partial charge in [0.2, 0.25) is 0 Å². The molecule has 1 fully saturated rings. The molecule has 1 aliphatic rings. The van der Waals surface area contributed by atoms with E-state index in [1.165, 1.54) is 6.07 Å². The van der Waals surface area contributed by atoms with Crippen molar-refractivity contribution in [3.8, 4) is 11.4 Å². The Morgan fingerprint density at radius 1 is 1.19 bits per heavy atom. The zero-order valence-electron chi connectivity index (χ0n) is 16.0. The number of alkyl halides is 4. The number of pyridine rings is 2. The monoisotopic (exact) mass is 445 g/mol. The van der Waals surface area contributed by atoms with Crippen LogP contribution in [0, 0.1) is 11.6 Å². The zero-order valence-corrected chi connectivity index (χ0v) is 16.0. The molecule has 4 heterocycles. The van der Waals surface area contributed by atoms with Crippen molar-refractivity contribution in [3.63, 3.8) is 0 Å². The maximum absolute atomic E-state index is 14.5. The average Bonchev–Trinajstić information content (AvgIpc) is 3.28. The van der Waals surface area contributed by atoms with Gasteiger partial charge in [0.1, 0.15) is 17.5 Å². The summed E-state index contributed by atoms with van der Waals surface area (Å²) in [5.41, 5.74) is -4.00. The molecule has 3 atom stereocenters. The zero-order chi connectivity index (χ0) is 22.6. The summed E-state index contributed by atoms with van der Waals surface area (Å²) in [6, 6.07) is 2.04. The summed E-state index contributed by atoms with van der Waals surface area (Å²) in [5, 5.41) is 15.3. The van der Waals surface area contributed by atoms with Crippen LogP contribution in [0.5, 0.6) is 0 Å². The molecule has 0 amide bonds. The number of aromatic nitrogens is 3. The molecule has 3 aromatic heterocycles. The highest BCUT2D eigenvalue weighted by atomic mass is 19.4. The fourth-order valence-corrected chi connectivity index (χ4v) is 3.32. The van der Waals surface area contributed by atoms with Crippen molar-refractivity contribution in [1.29, 1.82) is 0 Å². The molecule has 31 heavy (non-hydrogen) atoms. The van der Waals surface area contributed by atoms with Crippen LogP contribution in [-0.2, 0) is 5.60 Å². The van der Waals surface area contributed by atoms with Crippen molar-refractivity contribution < 1.29 is 31.4 Å². The molecular weight excluding hydrogens is 428 g/mol. The summed E-state index contributed by atoms with van der Waals surface area (Å²) in [4.78, 5) is 7.90. The topological polar surface area (TPSA) is 74.5 Å². The largest absolute Gasteiger partial charge is 0.421 e. The quantitative estimate of drug-likeness (QED) is 0.538. The summed E-state index contributed by atoms with van der Waals surface area (Å²) in [7, 11) is 0. The second-order valence-electron chi connectivity index (χ2n) is 7.43. The summed E-state index contributed by atoms with van der Waals surface area (Å²) in [5.74, 6) is -2.53. The average molecular weight is 445 g/mol. The first kappa shape index (κ1) is 21.4. The second kappa shape index (κ2) is 7.38. The highest BCUT2D eigenvalue weighted by Gasteiger charge is 2.51. The molecule has 0 saturated carbocycles. The first-order chi connectivity index (χ1) is 14.5. The lowest BCUT2D eigenvalue weighted by Crippen LogP contribution is -2.39. The maximum atomic E-state index is 14.5. The third-order valence-electron chi connectivity index (χ3n) is 5.25. The lowest BCUT2D eigenvalue weighted by atomic mass is 9.97. The van der Waals surface area contributed by atoms with Crippen molar-refractivity contribution in [3.05, 3.63) is 47.8 Å². The van der Waals surface area contributed by atoms with E-state index < -0.39 is 52.7 Å². The number of anilines is 1. The molecule has 1 aliphatic heterocycles. The number of rotatable bonds is 4. The summed E-state index contributed by atoms with van der Waals surface area (Å²) in [6.45, 7) is 0.871.